The van der Waals surface area contributed by atoms with Crippen molar-refractivity contribution in [3.05, 3.63) is 29.8 Å². The number of urea groups is 1. The normalized spacial score (nSPS) is 19.5. The molecule has 1 saturated carbocycles. The molecule has 2 fully saturated rings. The number of nitrogens with zero attached hydrogens (tertiary/aromatic N) is 2. The summed E-state index contributed by atoms with van der Waals surface area (Å²) in [6.07, 6.45) is 4.45. The molecule has 1 aromatic carbocycles. The van der Waals surface area contributed by atoms with E-state index >= 15 is 0 Å². The lowest BCUT2D eigenvalue weighted by molar-refractivity contribution is -0.134. The van der Waals surface area contributed by atoms with Gasteiger partial charge in [-0.2, -0.15) is 0 Å². The molecule has 0 aromatic heterocycles. The second kappa shape index (κ2) is 8.20. The predicted molar refractivity (Wildman–Crippen MR) is 105 cm³/mol. The highest BCUT2D eigenvalue weighted by Crippen LogP contribution is 2.34. The second-order valence-corrected chi connectivity index (χ2v) is 7.70. The molecule has 1 aliphatic carbocycles. The highest BCUT2D eigenvalue weighted by Gasteiger charge is 2.51. The van der Waals surface area contributed by atoms with E-state index in [1.165, 1.54) is 4.90 Å². The van der Waals surface area contributed by atoms with Crippen LogP contribution < -0.4 is 10.1 Å². The fraction of sp³-hybridized carbons (Fsp3) is 0.571. The van der Waals surface area contributed by atoms with Gasteiger partial charge in [0, 0.05) is 25.6 Å². The molecule has 4 amide bonds. The van der Waals surface area contributed by atoms with E-state index in [0.717, 1.165) is 30.6 Å². The number of ether oxygens (including phenoxy) is 1. The zero-order valence-electron chi connectivity index (χ0n) is 16.9. The maximum atomic E-state index is 12.8. The van der Waals surface area contributed by atoms with Crippen LogP contribution in [0.3, 0.4) is 0 Å². The van der Waals surface area contributed by atoms with Crippen molar-refractivity contribution in [2.45, 2.75) is 57.0 Å². The number of carbonyl (C=O) groups excluding carboxylic acids is 3. The van der Waals surface area contributed by atoms with Gasteiger partial charge in [-0.1, -0.05) is 37.5 Å². The van der Waals surface area contributed by atoms with Gasteiger partial charge < -0.3 is 15.0 Å². The molecule has 1 spiro atoms. The topological polar surface area (TPSA) is 79.0 Å². The van der Waals surface area contributed by atoms with E-state index < -0.39 is 5.54 Å². The van der Waals surface area contributed by atoms with Crippen LogP contribution in [0.4, 0.5) is 4.79 Å². The van der Waals surface area contributed by atoms with Gasteiger partial charge in [-0.05, 0) is 25.8 Å². The van der Waals surface area contributed by atoms with Crippen LogP contribution >= 0.6 is 0 Å². The van der Waals surface area contributed by atoms with E-state index in [4.69, 9.17) is 4.74 Å². The summed E-state index contributed by atoms with van der Waals surface area (Å²) in [6, 6.07) is 7.02. The first-order valence-corrected chi connectivity index (χ1v) is 9.92. The summed E-state index contributed by atoms with van der Waals surface area (Å²) < 4.78 is 5.39. The van der Waals surface area contributed by atoms with E-state index in [0.29, 0.717) is 12.8 Å². The van der Waals surface area contributed by atoms with Crippen molar-refractivity contribution in [3.8, 4) is 5.75 Å². The number of hydrogen-bond acceptors (Lipinski definition) is 4. The third-order valence-electron chi connectivity index (χ3n) is 6.07. The summed E-state index contributed by atoms with van der Waals surface area (Å²) in [6.45, 7) is 2.04. The van der Waals surface area contributed by atoms with Crippen LogP contribution in [-0.4, -0.2) is 53.9 Å². The molecular weight excluding hydrogens is 358 g/mol. The molecule has 1 unspecified atom stereocenters. The zero-order chi connectivity index (χ0) is 20.3. The molecule has 1 aromatic rings. The molecule has 1 saturated heterocycles. The molecule has 0 radical (unpaired) electrons. The number of methoxy groups -OCH3 is 1. The molecular formula is C21H29N3O4. The van der Waals surface area contributed by atoms with Gasteiger partial charge in [-0.3, -0.25) is 14.5 Å². The van der Waals surface area contributed by atoms with Crippen LogP contribution in [0.2, 0.25) is 0 Å². The number of amides is 4. The minimum absolute atomic E-state index is 0.102. The summed E-state index contributed by atoms with van der Waals surface area (Å²) in [5.41, 5.74) is 0.173. The zero-order valence-corrected chi connectivity index (χ0v) is 16.9. The molecule has 2 aliphatic rings. The van der Waals surface area contributed by atoms with Gasteiger partial charge in [0.2, 0.25) is 5.91 Å². The van der Waals surface area contributed by atoms with Crippen LogP contribution in [0.15, 0.2) is 24.3 Å². The number of benzene rings is 1. The van der Waals surface area contributed by atoms with Crippen LogP contribution in [-0.2, 0) is 9.59 Å². The summed E-state index contributed by atoms with van der Waals surface area (Å²) in [4.78, 5) is 40.7. The molecule has 7 nitrogen and oxygen atoms in total. The lowest BCUT2D eigenvalue weighted by Crippen LogP contribution is -2.48. The minimum Gasteiger partial charge on any atom is -0.496 e. The summed E-state index contributed by atoms with van der Waals surface area (Å²) in [5, 5.41) is 2.88. The van der Waals surface area contributed by atoms with E-state index in [2.05, 4.69) is 5.32 Å². The Bertz CT molecular complexity index is 758. The van der Waals surface area contributed by atoms with Crippen molar-refractivity contribution in [1.82, 2.24) is 15.1 Å². The Hall–Kier alpha value is -2.57. The molecule has 1 heterocycles. The molecule has 152 valence electrons. The Morgan fingerprint density at radius 2 is 1.93 bits per heavy atom. The predicted octanol–water partition coefficient (Wildman–Crippen LogP) is 2.86. The lowest BCUT2D eigenvalue weighted by atomic mass is 9.82. The molecule has 1 aliphatic heterocycles. The van der Waals surface area contributed by atoms with Gasteiger partial charge in [-0.25, -0.2) is 4.79 Å². The highest BCUT2D eigenvalue weighted by molar-refractivity contribution is 6.07. The number of hydrogen-bond donors (Lipinski definition) is 1. The maximum absolute atomic E-state index is 12.8. The molecule has 1 N–H and O–H groups in total. The van der Waals surface area contributed by atoms with Gasteiger partial charge in [0.05, 0.1) is 13.2 Å². The van der Waals surface area contributed by atoms with Crippen LogP contribution in [0.1, 0.15) is 57.1 Å². The van der Waals surface area contributed by atoms with Gasteiger partial charge in [0.15, 0.2) is 0 Å². The first kappa shape index (κ1) is 20.2. The Morgan fingerprint density at radius 3 is 2.61 bits per heavy atom. The third kappa shape index (κ3) is 3.70. The van der Waals surface area contributed by atoms with Crippen molar-refractivity contribution in [2.24, 2.45) is 0 Å². The highest BCUT2D eigenvalue weighted by atomic mass is 16.5. The Morgan fingerprint density at radius 1 is 1.25 bits per heavy atom. The van der Waals surface area contributed by atoms with Gasteiger partial charge >= 0.3 is 6.03 Å². The average Bonchev–Trinajstić information content (AvgIpc) is 2.94. The van der Waals surface area contributed by atoms with Crippen molar-refractivity contribution in [3.63, 3.8) is 0 Å². The Kier molecular flexibility index (Phi) is 5.91. The van der Waals surface area contributed by atoms with Gasteiger partial charge in [0.25, 0.3) is 5.91 Å². The SMILES string of the molecule is COc1ccccc1C(C)N(C)C(=O)CCN1C(=O)NC2(CCCCC2)C1=O. The molecule has 1 atom stereocenters. The minimum atomic E-state index is -0.741. The lowest BCUT2D eigenvalue weighted by Gasteiger charge is -2.30. The molecule has 7 heteroatoms. The summed E-state index contributed by atoms with van der Waals surface area (Å²) >= 11 is 0. The van der Waals surface area contributed by atoms with E-state index in [1.807, 2.05) is 31.2 Å². The van der Waals surface area contributed by atoms with E-state index in [1.54, 1.807) is 19.1 Å². The first-order valence-electron chi connectivity index (χ1n) is 9.92. The molecule has 28 heavy (non-hydrogen) atoms. The second-order valence-electron chi connectivity index (χ2n) is 7.70. The van der Waals surface area contributed by atoms with Crippen molar-refractivity contribution >= 4 is 17.8 Å². The summed E-state index contributed by atoms with van der Waals surface area (Å²) in [7, 11) is 3.33. The van der Waals surface area contributed by atoms with Crippen LogP contribution in [0.5, 0.6) is 5.75 Å². The maximum Gasteiger partial charge on any atom is 0.325 e. The van der Waals surface area contributed by atoms with Crippen molar-refractivity contribution < 1.29 is 19.1 Å². The number of para-hydroxylation sites is 1. The molecule has 3 rings (SSSR count). The molecule has 0 bridgehead atoms. The van der Waals surface area contributed by atoms with Crippen LogP contribution in [0.25, 0.3) is 0 Å². The largest absolute Gasteiger partial charge is 0.496 e. The number of carbonyl (C=O) groups is 3. The first-order chi connectivity index (χ1) is 13.4. The van der Waals surface area contributed by atoms with E-state index in [-0.39, 0.29) is 36.9 Å². The van der Waals surface area contributed by atoms with Crippen LogP contribution in [0, 0.1) is 0 Å². The Balaban J connectivity index is 1.62. The number of nitrogens with one attached hydrogen (secondary N) is 1. The smallest absolute Gasteiger partial charge is 0.325 e. The van der Waals surface area contributed by atoms with Gasteiger partial charge in [-0.15, -0.1) is 0 Å². The summed E-state index contributed by atoms with van der Waals surface area (Å²) in [5.74, 6) is 0.428. The average molecular weight is 387 g/mol. The number of imide groups is 1. The Labute approximate surface area is 166 Å². The monoisotopic (exact) mass is 387 g/mol. The quantitative estimate of drug-likeness (QED) is 0.762. The van der Waals surface area contributed by atoms with Gasteiger partial charge in [0.1, 0.15) is 11.3 Å². The fourth-order valence-electron chi connectivity index (χ4n) is 4.19. The standard InChI is InChI=1S/C21H29N3O4/c1-15(16-9-5-6-10-17(16)28-3)23(2)18(25)11-14-24-19(26)21(22-20(24)27)12-7-4-8-13-21/h5-6,9-10,15H,4,7-8,11-14H2,1-3H3,(H,22,27). The van der Waals surface area contributed by atoms with E-state index in [9.17, 15) is 14.4 Å². The van der Waals surface area contributed by atoms with Crippen molar-refractivity contribution in [2.75, 3.05) is 20.7 Å². The fourth-order valence-corrected chi connectivity index (χ4v) is 4.19. The number of rotatable bonds is 6. The third-order valence-corrected chi connectivity index (χ3v) is 6.07. The van der Waals surface area contributed by atoms with Crippen molar-refractivity contribution in [1.29, 1.82) is 0 Å².